The summed E-state index contributed by atoms with van der Waals surface area (Å²) in [4.78, 5) is 2.04. The maximum Gasteiger partial charge on any atom is 0.00555 e. The Morgan fingerprint density at radius 1 is 1.10 bits per heavy atom. The molecule has 10 heavy (non-hydrogen) atoms. The highest BCUT2D eigenvalue weighted by Crippen LogP contribution is 1.88. The van der Waals surface area contributed by atoms with Crippen molar-refractivity contribution < 1.29 is 0 Å². The van der Waals surface area contributed by atoms with E-state index >= 15 is 0 Å². The molecule has 0 saturated heterocycles. The Balaban J connectivity index is 3.26. The molecule has 0 fully saturated rings. The summed E-state index contributed by atoms with van der Waals surface area (Å²) in [6, 6.07) is 0. The summed E-state index contributed by atoms with van der Waals surface area (Å²) in [5, 5.41) is 0. The molecule has 0 saturated carbocycles. The van der Waals surface area contributed by atoms with Crippen LogP contribution in [0.2, 0.25) is 0 Å². The molecule has 0 aliphatic heterocycles. The van der Waals surface area contributed by atoms with Crippen LogP contribution in [0, 0.1) is 0 Å². The first kappa shape index (κ1) is 9.28. The molecular formula is C9H17N. The molecule has 0 rings (SSSR count). The molecule has 0 atom stereocenters. The zero-order valence-corrected chi connectivity index (χ0v) is 7.17. The monoisotopic (exact) mass is 139 g/mol. The van der Waals surface area contributed by atoms with E-state index in [2.05, 4.69) is 31.4 Å². The molecule has 0 aromatic carbocycles. The first-order valence-electron chi connectivity index (χ1n) is 3.75. The zero-order valence-electron chi connectivity index (χ0n) is 7.17. The summed E-state index contributed by atoms with van der Waals surface area (Å²) < 4.78 is 0. The van der Waals surface area contributed by atoms with Gasteiger partial charge in [0.1, 0.15) is 0 Å². The van der Waals surface area contributed by atoms with Crippen molar-refractivity contribution in [3.05, 3.63) is 24.4 Å². The van der Waals surface area contributed by atoms with E-state index < -0.39 is 0 Å². The standard InChI is InChI=1S/C9H17N/c1-4-5-6-7-8-9-10(2)3/h5-6,8-9H,4,7H2,1-3H3/b6-5-,9-8-. The smallest absolute Gasteiger partial charge is 0.00555 e. The van der Waals surface area contributed by atoms with E-state index in [1.807, 2.05) is 19.0 Å². The molecule has 0 amide bonds. The Kier molecular flexibility index (Phi) is 5.94. The van der Waals surface area contributed by atoms with Crippen molar-refractivity contribution in [1.29, 1.82) is 0 Å². The summed E-state index contributed by atoms with van der Waals surface area (Å²) in [7, 11) is 4.06. The van der Waals surface area contributed by atoms with Gasteiger partial charge in [0.15, 0.2) is 0 Å². The first-order valence-corrected chi connectivity index (χ1v) is 3.75. The van der Waals surface area contributed by atoms with Crippen molar-refractivity contribution in [3.8, 4) is 0 Å². The Morgan fingerprint density at radius 3 is 2.30 bits per heavy atom. The van der Waals surface area contributed by atoms with Gasteiger partial charge in [0, 0.05) is 14.1 Å². The van der Waals surface area contributed by atoms with E-state index in [0.29, 0.717) is 0 Å². The fourth-order valence-corrected chi connectivity index (χ4v) is 0.613. The highest BCUT2D eigenvalue weighted by molar-refractivity contribution is 4.91. The number of rotatable bonds is 4. The van der Waals surface area contributed by atoms with Gasteiger partial charge in [0.2, 0.25) is 0 Å². The first-order chi connectivity index (χ1) is 4.77. The Morgan fingerprint density at radius 2 is 1.80 bits per heavy atom. The minimum Gasteiger partial charge on any atom is -0.384 e. The molecule has 0 spiro atoms. The lowest BCUT2D eigenvalue weighted by Gasteiger charge is -2.01. The van der Waals surface area contributed by atoms with E-state index in [0.717, 1.165) is 12.8 Å². The molecule has 0 aliphatic rings. The molecule has 58 valence electrons. The number of hydrogen-bond donors (Lipinski definition) is 0. The van der Waals surface area contributed by atoms with Crippen LogP contribution >= 0.6 is 0 Å². The third-order valence-corrected chi connectivity index (χ3v) is 1.08. The lowest BCUT2D eigenvalue weighted by atomic mass is 10.3. The second kappa shape index (κ2) is 6.40. The summed E-state index contributed by atoms with van der Waals surface area (Å²) in [6.45, 7) is 2.14. The third-order valence-electron chi connectivity index (χ3n) is 1.08. The highest BCUT2D eigenvalue weighted by atomic mass is 15.0. The van der Waals surface area contributed by atoms with Gasteiger partial charge < -0.3 is 4.90 Å². The second-order valence-electron chi connectivity index (χ2n) is 2.46. The number of nitrogens with zero attached hydrogens (tertiary/aromatic N) is 1. The van der Waals surface area contributed by atoms with Crippen molar-refractivity contribution in [2.45, 2.75) is 19.8 Å². The average molecular weight is 139 g/mol. The lowest BCUT2D eigenvalue weighted by molar-refractivity contribution is 0.562. The van der Waals surface area contributed by atoms with E-state index in [1.54, 1.807) is 0 Å². The van der Waals surface area contributed by atoms with Crippen molar-refractivity contribution in [2.24, 2.45) is 0 Å². The van der Waals surface area contributed by atoms with Gasteiger partial charge in [0.25, 0.3) is 0 Å². The van der Waals surface area contributed by atoms with E-state index in [1.165, 1.54) is 0 Å². The molecule has 0 heterocycles. The van der Waals surface area contributed by atoms with Gasteiger partial charge in [-0.05, 0) is 19.0 Å². The summed E-state index contributed by atoms with van der Waals surface area (Å²) in [6.07, 6.45) is 10.8. The Bertz CT molecular complexity index is 112. The molecule has 0 radical (unpaired) electrons. The van der Waals surface area contributed by atoms with Crippen LogP contribution in [0.5, 0.6) is 0 Å². The topological polar surface area (TPSA) is 3.24 Å². The molecule has 0 aliphatic carbocycles. The van der Waals surface area contributed by atoms with Crippen LogP contribution in [0.1, 0.15) is 19.8 Å². The van der Waals surface area contributed by atoms with Gasteiger partial charge in [-0.25, -0.2) is 0 Å². The summed E-state index contributed by atoms with van der Waals surface area (Å²) >= 11 is 0. The largest absolute Gasteiger partial charge is 0.384 e. The maximum absolute atomic E-state index is 2.18. The Hall–Kier alpha value is -0.720. The summed E-state index contributed by atoms with van der Waals surface area (Å²) in [5.74, 6) is 0. The van der Waals surface area contributed by atoms with Crippen LogP contribution < -0.4 is 0 Å². The van der Waals surface area contributed by atoms with Crippen LogP contribution in [0.15, 0.2) is 24.4 Å². The fraction of sp³-hybridized carbons (Fsp3) is 0.556. The molecule has 0 aromatic heterocycles. The predicted molar refractivity (Wildman–Crippen MR) is 46.9 cm³/mol. The van der Waals surface area contributed by atoms with Crippen LogP contribution in [-0.2, 0) is 0 Å². The van der Waals surface area contributed by atoms with Gasteiger partial charge in [-0.3, -0.25) is 0 Å². The highest BCUT2D eigenvalue weighted by Gasteiger charge is 1.73. The number of allylic oxidation sites excluding steroid dienone is 3. The summed E-state index contributed by atoms with van der Waals surface area (Å²) in [5.41, 5.74) is 0. The normalized spacial score (nSPS) is 11.5. The second-order valence-corrected chi connectivity index (χ2v) is 2.46. The van der Waals surface area contributed by atoms with E-state index in [9.17, 15) is 0 Å². The number of hydrogen-bond acceptors (Lipinski definition) is 1. The van der Waals surface area contributed by atoms with Crippen LogP contribution in [0.4, 0.5) is 0 Å². The molecule has 0 N–H and O–H groups in total. The van der Waals surface area contributed by atoms with E-state index in [4.69, 9.17) is 0 Å². The zero-order chi connectivity index (χ0) is 7.82. The van der Waals surface area contributed by atoms with Crippen LogP contribution in [-0.4, -0.2) is 19.0 Å². The maximum atomic E-state index is 2.18. The minimum atomic E-state index is 1.05. The fourth-order valence-electron chi connectivity index (χ4n) is 0.613. The Labute approximate surface area is 64.0 Å². The average Bonchev–Trinajstić information content (AvgIpc) is 1.87. The van der Waals surface area contributed by atoms with E-state index in [-0.39, 0.29) is 0 Å². The quantitative estimate of drug-likeness (QED) is 0.541. The van der Waals surface area contributed by atoms with Crippen LogP contribution in [0.25, 0.3) is 0 Å². The third kappa shape index (κ3) is 7.28. The molecule has 0 aromatic rings. The SMILES string of the molecule is CC/C=C\C/C=C\N(C)C. The van der Waals surface area contributed by atoms with Crippen molar-refractivity contribution in [1.82, 2.24) is 4.90 Å². The molecule has 0 bridgehead atoms. The van der Waals surface area contributed by atoms with Gasteiger partial charge >= 0.3 is 0 Å². The van der Waals surface area contributed by atoms with Crippen molar-refractivity contribution in [2.75, 3.05) is 14.1 Å². The molecular weight excluding hydrogens is 122 g/mol. The van der Waals surface area contributed by atoms with Gasteiger partial charge in [0.05, 0.1) is 0 Å². The minimum absolute atomic E-state index is 1.05. The van der Waals surface area contributed by atoms with Crippen molar-refractivity contribution in [3.63, 3.8) is 0 Å². The predicted octanol–water partition coefficient (Wildman–Crippen LogP) is 2.42. The molecule has 0 unspecified atom stereocenters. The van der Waals surface area contributed by atoms with Gasteiger partial charge in [-0.1, -0.05) is 25.2 Å². The van der Waals surface area contributed by atoms with Crippen LogP contribution in [0.3, 0.4) is 0 Å². The molecule has 1 nitrogen and oxygen atoms in total. The van der Waals surface area contributed by atoms with Gasteiger partial charge in [-0.15, -0.1) is 0 Å². The lowest BCUT2D eigenvalue weighted by Crippen LogP contribution is -1.99. The molecule has 1 heteroatoms. The van der Waals surface area contributed by atoms with Crippen molar-refractivity contribution >= 4 is 0 Å². The van der Waals surface area contributed by atoms with Gasteiger partial charge in [-0.2, -0.15) is 0 Å².